The van der Waals surface area contributed by atoms with E-state index in [9.17, 15) is 0 Å². The molecule has 0 aromatic heterocycles. The monoisotopic (exact) mass is 290 g/mol. The number of fused-ring (bicyclic) bond motifs is 1. The average Bonchev–Trinajstić information content (AvgIpc) is 2.95. The average molecular weight is 290 g/mol. The van der Waals surface area contributed by atoms with Gasteiger partial charge < -0.3 is 10.1 Å². The molecule has 1 aliphatic heterocycles. The van der Waals surface area contributed by atoms with Gasteiger partial charge in [-0.25, -0.2) is 0 Å². The fraction of sp³-hybridized carbons (Fsp3) is 0.562. The molecule has 2 fully saturated rings. The first-order valence-corrected chi connectivity index (χ1v) is 8.40. The number of hydrogen-bond acceptors (Lipinski definition) is 3. The lowest BCUT2D eigenvalue weighted by Gasteiger charge is -2.28. The number of nitrogens with one attached hydrogen (secondary N) is 1. The van der Waals surface area contributed by atoms with Crippen molar-refractivity contribution in [3.05, 3.63) is 29.8 Å². The van der Waals surface area contributed by atoms with E-state index in [2.05, 4.69) is 17.4 Å². The number of amidine groups is 1. The molecule has 2 atom stereocenters. The largest absolute Gasteiger partial charge is 0.497 e. The van der Waals surface area contributed by atoms with E-state index < -0.39 is 0 Å². The van der Waals surface area contributed by atoms with Gasteiger partial charge in [0.1, 0.15) is 5.75 Å². The lowest BCUT2D eigenvalue weighted by Crippen LogP contribution is -2.41. The van der Waals surface area contributed by atoms with Gasteiger partial charge in [-0.15, -0.1) is 0 Å². The van der Waals surface area contributed by atoms with E-state index in [0.29, 0.717) is 6.04 Å². The van der Waals surface area contributed by atoms with Crippen LogP contribution in [-0.4, -0.2) is 30.6 Å². The third-order valence-electron chi connectivity index (χ3n) is 4.22. The van der Waals surface area contributed by atoms with Gasteiger partial charge in [-0.3, -0.25) is 4.99 Å². The second kappa shape index (κ2) is 6.53. The second-order valence-electron chi connectivity index (χ2n) is 5.54. The van der Waals surface area contributed by atoms with Crippen LogP contribution in [0.2, 0.25) is 0 Å². The molecule has 1 heterocycles. The number of nitrogens with zero attached hydrogens (tertiary/aromatic N) is 1. The fourth-order valence-corrected chi connectivity index (χ4v) is 4.17. The van der Waals surface area contributed by atoms with E-state index in [1.807, 2.05) is 23.9 Å². The van der Waals surface area contributed by atoms with Gasteiger partial charge in [-0.2, -0.15) is 0 Å². The maximum absolute atomic E-state index is 5.17. The molecule has 0 radical (unpaired) electrons. The Morgan fingerprint density at radius 3 is 2.95 bits per heavy atom. The summed E-state index contributed by atoms with van der Waals surface area (Å²) in [6.07, 6.45) is 5.08. The normalized spacial score (nSPS) is 27.1. The Morgan fingerprint density at radius 1 is 1.30 bits per heavy atom. The third kappa shape index (κ3) is 3.29. The third-order valence-corrected chi connectivity index (χ3v) is 5.33. The fourth-order valence-electron chi connectivity index (χ4n) is 2.98. The molecule has 20 heavy (non-hydrogen) atoms. The summed E-state index contributed by atoms with van der Waals surface area (Å²) in [6.45, 7) is 0.860. The minimum absolute atomic E-state index is 0.691. The molecule has 1 aromatic rings. The molecule has 1 saturated carbocycles. The van der Waals surface area contributed by atoms with Gasteiger partial charge in [-0.1, -0.05) is 30.3 Å². The van der Waals surface area contributed by atoms with E-state index in [-0.39, 0.29) is 0 Å². The number of ether oxygens (including phenoxy) is 1. The van der Waals surface area contributed by atoms with E-state index in [0.717, 1.165) is 29.8 Å². The smallest absolute Gasteiger partial charge is 0.156 e. The number of thioether (sulfide) groups is 1. The van der Waals surface area contributed by atoms with Crippen LogP contribution in [0.15, 0.2) is 29.3 Å². The van der Waals surface area contributed by atoms with Gasteiger partial charge in [0.2, 0.25) is 0 Å². The van der Waals surface area contributed by atoms with Crippen molar-refractivity contribution in [2.24, 2.45) is 10.9 Å². The number of methoxy groups -OCH3 is 1. The summed E-state index contributed by atoms with van der Waals surface area (Å²) in [6, 6.07) is 8.95. The van der Waals surface area contributed by atoms with Gasteiger partial charge >= 0.3 is 0 Å². The van der Waals surface area contributed by atoms with Gasteiger partial charge in [0.25, 0.3) is 0 Å². The lowest BCUT2D eigenvalue weighted by atomic mass is 10.1. The van der Waals surface area contributed by atoms with Crippen molar-refractivity contribution in [1.82, 2.24) is 5.32 Å². The van der Waals surface area contributed by atoms with Crippen LogP contribution in [0.4, 0.5) is 0 Å². The topological polar surface area (TPSA) is 33.6 Å². The molecule has 108 valence electrons. The maximum atomic E-state index is 5.17. The summed E-state index contributed by atoms with van der Waals surface area (Å²) in [5, 5.41) is 4.77. The molecule has 3 nitrogen and oxygen atoms in total. The second-order valence-corrected chi connectivity index (χ2v) is 6.55. The van der Waals surface area contributed by atoms with Crippen LogP contribution < -0.4 is 10.1 Å². The molecular weight excluding hydrogens is 268 g/mol. The van der Waals surface area contributed by atoms with Crippen molar-refractivity contribution < 1.29 is 4.74 Å². The van der Waals surface area contributed by atoms with Crippen LogP contribution in [0, 0.1) is 5.92 Å². The number of rotatable bonds is 4. The highest BCUT2D eigenvalue weighted by Crippen LogP contribution is 2.32. The van der Waals surface area contributed by atoms with Crippen LogP contribution in [-0.2, 0) is 6.42 Å². The van der Waals surface area contributed by atoms with Gasteiger partial charge in [-0.05, 0) is 42.9 Å². The summed E-state index contributed by atoms with van der Waals surface area (Å²) in [7, 11) is 1.70. The zero-order valence-electron chi connectivity index (χ0n) is 12.0. The molecule has 0 amide bonds. The Balaban J connectivity index is 1.49. The SMILES string of the molecule is COc1ccc(CCN=C2NC3CCCC3CS2)cc1. The standard InChI is InChI=1S/C16H22N2OS/c1-19-14-7-5-12(6-8-14)9-10-17-16-18-15-4-2-3-13(15)11-20-16/h5-8,13,15H,2-4,9-11H2,1H3,(H,17,18). The van der Waals surface area contributed by atoms with E-state index in [4.69, 9.17) is 9.73 Å². The molecular formula is C16H22N2OS. The van der Waals surface area contributed by atoms with Crippen LogP contribution in [0.5, 0.6) is 5.75 Å². The molecule has 3 rings (SSSR count). The highest BCUT2D eigenvalue weighted by molar-refractivity contribution is 8.13. The summed E-state index contributed by atoms with van der Waals surface area (Å²) < 4.78 is 5.17. The van der Waals surface area contributed by atoms with E-state index in [1.165, 1.54) is 30.6 Å². The molecule has 1 aliphatic carbocycles. The minimum Gasteiger partial charge on any atom is -0.497 e. The highest BCUT2D eigenvalue weighted by Gasteiger charge is 2.31. The Morgan fingerprint density at radius 2 is 2.15 bits per heavy atom. The van der Waals surface area contributed by atoms with Crippen molar-refractivity contribution in [2.45, 2.75) is 31.7 Å². The number of hydrogen-bond donors (Lipinski definition) is 1. The molecule has 2 aliphatic rings. The van der Waals surface area contributed by atoms with Crippen LogP contribution in [0.25, 0.3) is 0 Å². The van der Waals surface area contributed by atoms with Gasteiger partial charge in [0, 0.05) is 18.3 Å². The predicted molar refractivity (Wildman–Crippen MR) is 85.7 cm³/mol. The summed E-state index contributed by atoms with van der Waals surface area (Å²) >= 11 is 1.90. The Bertz CT molecular complexity index is 472. The van der Waals surface area contributed by atoms with Crippen molar-refractivity contribution in [3.8, 4) is 5.75 Å². The molecule has 1 N–H and O–H groups in total. The zero-order valence-corrected chi connectivity index (χ0v) is 12.8. The van der Waals surface area contributed by atoms with Crippen LogP contribution in [0.3, 0.4) is 0 Å². The molecule has 1 aromatic carbocycles. The highest BCUT2D eigenvalue weighted by atomic mass is 32.2. The Labute approximate surface area is 125 Å². The lowest BCUT2D eigenvalue weighted by molar-refractivity contribution is 0.414. The van der Waals surface area contributed by atoms with E-state index >= 15 is 0 Å². The molecule has 0 bridgehead atoms. The molecule has 4 heteroatoms. The Hall–Kier alpha value is -1.16. The van der Waals surface area contributed by atoms with Gasteiger partial charge in [0.15, 0.2) is 5.17 Å². The number of aliphatic imine (C=N–C) groups is 1. The minimum atomic E-state index is 0.691. The van der Waals surface area contributed by atoms with Crippen LogP contribution >= 0.6 is 11.8 Å². The molecule has 1 saturated heterocycles. The quantitative estimate of drug-likeness (QED) is 0.925. The maximum Gasteiger partial charge on any atom is 0.156 e. The molecule has 2 unspecified atom stereocenters. The first-order valence-electron chi connectivity index (χ1n) is 7.42. The number of benzene rings is 1. The summed E-state index contributed by atoms with van der Waals surface area (Å²) in [5.74, 6) is 3.04. The first-order chi connectivity index (χ1) is 9.85. The summed E-state index contributed by atoms with van der Waals surface area (Å²) in [5.41, 5.74) is 1.31. The van der Waals surface area contributed by atoms with Crippen molar-refractivity contribution >= 4 is 16.9 Å². The van der Waals surface area contributed by atoms with Crippen molar-refractivity contribution in [1.29, 1.82) is 0 Å². The van der Waals surface area contributed by atoms with Crippen molar-refractivity contribution in [2.75, 3.05) is 19.4 Å². The Kier molecular flexibility index (Phi) is 4.51. The van der Waals surface area contributed by atoms with Gasteiger partial charge in [0.05, 0.1) is 7.11 Å². The first kappa shape index (κ1) is 13.8. The van der Waals surface area contributed by atoms with E-state index in [1.54, 1.807) is 7.11 Å². The van der Waals surface area contributed by atoms with Crippen molar-refractivity contribution in [3.63, 3.8) is 0 Å². The summed E-state index contributed by atoms with van der Waals surface area (Å²) in [4.78, 5) is 4.72. The molecule has 0 spiro atoms. The zero-order chi connectivity index (χ0) is 13.8. The predicted octanol–water partition coefficient (Wildman–Crippen LogP) is 3.10. The van der Waals surface area contributed by atoms with Crippen LogP contribution in [0.1, 0.15) is 24.8 Å².